The normalized spacial score (nSPS) is 11.0. The minimum absolute atomic E-state index is 0.0699. The monoisotopic (exact) mass is 456 g/mol. The fourth-order valence-electron chi connectivity index (χ4n) is 2.94. The third-order valence-electron chi connectivity index (χ3n) is 4.62. The van der Waals surface area contributed by atoms with E-state index in [0.717, 1.165) is 27.4 Å². The van der Waals surface area contributed by atoms with Crippen molar-refractivity contribution in [1.29, 1.82) is 0 Å². The van der Waals surface area contributed by atoms with Gasteiger partial charge in [0.05, 0.1) is 16.3 Å². The number of aromatic nitrogens is 4. The Balaban J connectivity index is 1.53. The van der Waals surface area contributed by atoms with Crippen molar-refractivity contribution in [2.24, 2.45) is 0 Å². The van der Waals surface area contributed by atoms with Crippen LogP contribution in [-0.2, 0) is 10.5 Å². The van der Waals surface area contributed by atoms with Crippen molar-refractivity contribution < 1.29 is 4.79 Å². The highest BCUT2D eigenvalue weighted by atomic mass is 32.2. The van der Waals surface area contributed by atoms with Crippen molar-refractivity contribution in [3.8, 4) is 10.7 Å². The van der Waals surface area contributed by atoms with Gasteiger partial charge in [-0.05, 0) is 42.5 Å². The van der Waals surface area contributed by atoms with Gasteiger partial charge in [0.15, 0.2) is 11.0 Å². The summed E-state index contributed by atoms with van der Waals surface area (Å²) in [7, 11) is 0. The Morgan fingerprint density at radius 2 is 2.03 bits per heavy atom. The number of nitrogens with two attached hydrogens (primary N) is 1. The Bertz CT molecular complexity index is 1180. The number of hydrogen-bond acceptors (Lipinski definition) is 8. The number of carbonyl (C=O) groups excluding carboxylic acids is 1. The number of rotatable bonds is 6. The van der Waals surface area contributed by atoms with E-state index in [4.69, 9.17) is 5.84 Å². The summed E-state index contributed by atoms with van der Waals surface area (Å²) < 4.78 is 1.50. The number of anilines is 2. The number of nitrogen functional groups attached to an aromatic ring is 1. The summed E-state index contributed by atoms with van der Waals surface area (Å²) in [4.78, 5) is 19.7. The SMILES string of the molecule is CC(=O)N(c1nc(CSc2nnc(-c3cccs3)n2N)cs1)c1cccc(C)c1C. The van der Waals surface area contributed by atoms with Gasteiger partial charge in [-0.2, -0.15) is 0 Å². The van der Waals surface area contributed by atoms with Crippen molar-refractivity contribution >= 4 is 51.2 Å². The van der Waals surface area contributed by atoms with Crippen molar-refractivity contribution in [2.45, 2.75) is 31.7 Å². The molecule has 1 amide bonds. The molecule has 0 saturated carbocycles. The van der Waals surface area contributed by atoms with Crippen LogP contribution < -0.4 is 10.7 Å². The molecule has 30 heavy (non-hydrogen) atoms. The van der Waals surface area contributed by atoms with Gasteiger partial charge in [-0.1, -0.05) is 30.0 Å². The number of nitrogens with zero attached hydrogens (tertiary/aromatic N) is 5. The zero-order valence-corrected chi connectivity index (χ0v) is 19.1. The van der Waals surface area contributed by atoms with Crippen LogP contribution in [0.15, 0.2) is 46.2 Å². The summed E-state index contributed by atoms with van der Waals surface area (Å²) in [6, 6.07) is 9.85. The Morgan fingerprint density at radius 1 is 1.20 bits per heavy atom. The largest absolute Gasteiger partial charge is 0.335 e. The van der Waals surface area contributed by atoms with E-state index in [1.165, 1.54) is 27.8 Å². The van der Waals surface area contributed by atoms with Crippen LogP contribution in [-0.4, -0.2) is 25.8 Å². The first kappa shape index (κ1) is 20.6. The van der Waals surface area contributed by atoms with Crippen LogP contribution in [0.25, 0.3) is 10.7 Å². The van der Waals surface area contributed by atoms with E-state index in [0.29, 0.717) is 21.9 Å². The summed E-state index contributed by atoms with van der Waals surface area (Å²) in [5.41, 5.74) is 3.92. The van der Waals surface area contributed by atoms with Crippen molar-refractivity contribution in [3.05, 3.63) is 57.9 Å². The average molecular weight is 457 g/mol. The molecule has 4 rings (SSSR count). The van der Waals surface area contributed by atoms with E-state index in [-0.39, 0.29) is 5.91 Å². The molecule has 0 aliphatic rings. The van der Waals surface area contributed by atoms with Gasteiger partial charge < -0.3 is 5.84 Å². The smallest absolute Gasteiger partial charge is 0.230 e. The summed E-state index contributed by atoms with van der Waals surface area (Å²) >= 11 is 4.48. The number of hydrogen-bond donors (Lipinski definition) is 1. The van der Waals surface area contributed by atoms with Crippen molar-refractivity contribution in [2.75, 3.05) is 10.7 Å². The minimum Gasteiger partial charge on any atom is -0.335 e. The van der Waals surface area contributed by atoms with Crippen LogP contribution in [0.4, 0.5) is 10.8 Å². The lowest BCUT2D eigenvalue weighted by Crippen LogP contribution is -2.23. The predicted octanol–water partition coefficient (Wildman–Crippen LogP) is 4.77. The number of thiophene rings is 1. The highest BCUT2D eigenvalue weighted by molar-refractivity contribution is 7.98. The van der Waals surface area contributed by atoms with Crippen molar-refractivity contribution in [1.82, 2.24) is 19.9 Å². The molecule has 3 heterocycles. The van der Waals surface area contributed by atoms with Crippen LogP contribution >= 0.6 is 34.4 Å². The summed E-state index contributed by atoms with van der Waals surface area (Å²) in [5, 5.41) is 13.6. The van der Waals surface area contributed by atoms with Crippen molar-refractivity contribution in [3.63, 3.8) is 0 Å². The number of benzene rings is 1. The van der Waals surface area contributed by atoms with E-state index < -0.39 is 0 Å². The second-order valence-corrected chi connectivity index (χ2v) is 9.36. The van der Waals surface area contributed by atoms with Gasteiger partial charge >= 0.3 is 0 Å². The Labute approximate surface area is 186 Å². The highest BCUT2D eigenvalue weighted by Gasteiger charge is 2.21. The number of aryl methyl sites for hydroxylation is 1. The summed E-state index contributed by atoms with van der Waals surface area (Å²) in [6.45, 7) is 5.61. The van der Waals surface area contributed by atoms with Crippen LogP contribution in [0.5, 0.6) is 0 Å². The predicted molar refractivity (Wildman–Crippen MR) is 124 cm³/mol. The molecule has 0 atom stereocenters. The number of carbonyl (C=O) groups is 1. The molecule has 0 radical (unpaired) electrons. The molecule has 3 aromatic heterocycles. The maximum absolute atomic E-state index is 12.4. The first-order chi connectivity index (χ1) is 14.5. The standard InChI is InChI=1S/C20H20N6OS3/c1-12-6-4-7-16(13(12)2)25(14(3)27)19-22-15(10-29-19)11-30-20-24-23-18(26(20)21)17-8-5-9-28-17/h4-10H,11,21H2,1-3H3. The van der Waals surface area contributed by atoms with Gasteiger partial charge in [0, 0.05) is 18.1 Å². The molecule has 0 bridgehead atoms. The topological polar surface area (TPSA) is 89.9 Å². The quantitative estimate of drug-likeness (QED) is 0.332. The zero-order chi connectivity index (χ0) is 21.3. The molecule has 0 spiro atoms. The number of thiazole rings is 1. The maximum atomic E-state index is 12.4. The maximum Gasteiger partial charge on any atom is 0.230 e. The molecule has 154 valence electrons. The van der Waals surface area contributed by atoms with E-state index in [1.54, 1.807) is 23.2 Å². The average Bonchev–Trinajstić information content (AvgIpc) is 3.45. The second kappa shape index (κ2) is 8.58. The lowest BCUT2D eigenvalue weighted by Gasteiger charge is -2.21. The van der Waals surface area contributed by atoms with Crippen LogP contribution in [0, 0.1) is 13.8 Å². The summed E-state index contributed by atoms with van der Waals surface area (Å²) in [5.74, 6) is 7.32. The van der Waals surface area contributed by atoms with Gasteiger partial charge in [-0.15, -0.1) is 32.9 Å². The third-order valence-corrected chi connectivity index (χ3v) is 7.34. The molecule has 0 aliphatic heterocycles. The van der Waals surface area contributed by atoms with Gasteiger partial charge in [-0.25, -0.2) is 9.66 Å². The van der Waals surface area contributed by atoms with Gasteiger partial charge in [-0.3, -0.25) is 9.69 Å². The molecule has 0 saturated heterocycles. The fourth-order valence-corrected chi connectivity index (χ4v) is 5.38. The zero-order valence-electron chi connectivity index (χ0n) is 16.7. The van der Waals surface area contributed by atoms with E-state index in [2.05, 4.69) is 15.2 Å². The molecule has 7 nitrogen and oxygen atoms in total. The van der Waals surface area contributed by atoms with Gasteiger partial charge in [0.1, 0.15) is 0 Å². The van der Waals surface area contributed by atoms with E-state index in [1.807, 2.05) is 54.9 Å². The molecule has 2 N–H and O–H groups in total. The lowest BCUT2D eigenvalue weighted by atomic mass is 10.1. The highest BCUT2D eigenvalue weighted by Crippen LogP contribution is 2.34. The molecular formula is C20H20N6OS3. The third kappa shape index (κ3) is 3.98. The van der Waals surface area contributed by atoms with E-state index in [9.17, 15) is 4.79 Å². The second-order valence-electron chi connectivity index (χ2n) is 6.64. The summed E-state index contributed by atoms with van der Waals surface area (Å²) in [6.07, 6.45) is 0. The van der Waals surface area contributed by atoms with Gasteiger partial charge in [0.25, 0.3) is 0 Å². The number of amides is 1. The molecule has 0 unspecified atom stereocenters. The lowest BCUT2D eigenvalue weighted by molar-refractivity contribution is -0.115. The fraction of sp³-hybridized carbons (Fsp3) is 0.200. The van der Waals surface area contributed by atoms with Crippen LogP contribution in [0.3, 0.4) is 0 Å². The molecule has 0 aliphatic carbocycles. The Morgan fingerprint density at radius 3 is 2.77 bits per heavy atom. The molecule has 0 fully saturated rings. The van der Waals surface area contributed by atoms with Crippen LogP contribution in [0.1, 0.15) is 23.7 Å². The minimum atomic E-state index is -0.0699. The Hall–Kier alpha value is -2.69. The first-order valence-electron chi connectivity index (χ1n) is 9.14. The molecule has 1 aromatic carbocycles. The van der Waals surface area contributed by atoms with Gasteiger partial charge in [0.2, 0.25) is 11.1 Å². The molecule has 4 aromatic rings. The Kier molecular flexibility index (Phi) is 5.89. The molecular weight excluding hydrogens is 436 g/mol. The number of thioether (sulfide) groups is 1. The molecule has 10 heteroatoms. The first-order valence-corrected chi connectivity index (χ1v) is 11.9. The van der Waals surface area contributed by atoms with E-state index >= 15 is 0 Å². The van der Waals surface area contributed by atoms with Crippen LogP contribution in [0.2, 0.25) is 0 Å².